The maximum Gasteiger partial charge on any atom is 0.417 e. The van der Waals surface area contributed by atoms with Gasteiger partial charge in [0.05, 0.1) is 21.8 Å². The molecule has 142 valence electrons. The molecule has 0 aliphatic rings. The van der Waals surface area contributed by atoms with E-state index in [2.05, 4.69) is 0 Å². The summed E-state index contributed by atoms with van der Waals surface area (Å²) in [6, 6.07) is 8.47. The molecule has 2 N–H and O–H groups in total. The average Bonchev–Trinajstić information content (AvgIpc) is 2.52. The fraction of sp³-hybridized carbons (Fsp3) is 0.200. The second-order valence-electron chi connectivity index (χ2n) is 5.11. The highest BCUT2D eigenvalue weighted by Gasteiger charge is 2.37. The fourth-order valence-electron chi connectivity index (χ4n) is 2.06. The third-order valence-corrected chi connectivity index (χ3v) is 4.56. The predicted octanol–water partition coefficient (Wildman–Crippen LogP) is 4.48. The van der Waals surface area contributed by atoms with E-state index in [1.807, 2.05) is 10.0 Å². The molecule has 0 bridgehead atoms. The van der Waals surface area contributed by atoms with Crippen LogP contribution in [0.15, 0.2) is 53.4 Å². The zero-order valence-electron chi connectivity index (χ0n) is 12.8. The summed E-state index contributed by atoms with van der Waals surface area (Å²) in [4.78, 5) is -1.03. The second-order valence-corrected chi connectivity index (χ2v) is 6.76. The van der Waals surface area contributed by atoms with Gasteiger partial charge in [0.25, 0.3) is 10.0 Å². The number of hydrogen-bond donors (Lipinski definition) is 2. The molecule has 2 rings (SSSR count). The first-order valence-electron chi connectivity index (χ1n) is 6.99. The highest BCUT2D eigenvalue weighted by molar-refractivity contribution is 7.92. The molecule has 0 unspecified atom stereocenters. The first-order chi connectivity index (χ1) is 11.9. The summed E-state index contributed by atoms with van der Waals surface area (Å²) in [5, 5.41) is 2.00. The Morgan fingerprint density at radius 1 is 0.808 bits per heavy atom. The highest BCUT2D eigenvalue weighted by Crippen LogP contribution is 2.35. The van der Waals surface area contributed by atoms with Crippen molar-refractivity contribution in [3.63, 3.8) is 0 Å². The molecule has 0 aliphatic carbocycles. The van der Waals surface area contributed by atoms with Crippen LogP contribution in [0.2, 0.25) is 0 Å². The highest BCUT2D eigenvalue weighted by atomic mass is 32.2. The monoisotopic (exact) mass is 398 g/mol. The SMILES string of the molecule is O=S(=O)(Nc1ccccc1NCC(F)(F)F)c1ccccc1C(F)(F)F. The van der Waals surface area contributed by atoms with Crippen LogP contribution >= 0.6 is 0 Å². The van der Waals surface area contributed by atoms with Gasteiger partial charge in [-0.1, -0.05) is 24.3 Å². The zero-order chi connectivity index (χ0) is 19.6. The number of alkyl halides is 6. The van der Waals surface area contributed by atoms with Crippen molar-refractivity contribution in [3.05, 3.63) is 54.1 Å². The number of hydrogen-bond acceptors (Lipinski definition) is 3. The van der Waals surface area contributed by atoms with Crippen molar-refractivity contribution in [2.45, 2.75) is 17.2 Å². The molecule has 0 aromatic heterocycles. The van der Waals surface area contributed by atoms with E-state index in [1.54, 1.807) is 0 Å². The number of anilines is 2. The Labute approximate surface area is 144 Å². The molecular formula is C15H12F6N2O2S. The summed E-state index contributed by atoms with van der Waals surface area (Å²) in [6.07, 6.45) is -9.48. The Morgan fingerprint density at radius 3 is 1.92 bits per heavy atom. The van der Waals surface area contributed by atoms with Gasteiger partial charge in [-0.05, 0) is 24.3 Å². The van der Waals surface area contributed by atoms with E-state index in [4.69, 9.17) is 0 Å². The maximum atomic E-state index is 13.0. The second kappa shape index (κ2) is 7.06. The largest absolute Gasteiger partial charge is 0.417 e. The summed E-state index contributed by atoms with van der Waals surface area (Å²) in [5.74, 6) is 0. The lowest BCUT2D eigenvalue weighted by Gasteiger charge is -2.17. The lowest BCUT2D eigenvalue weighted by atomic mass is 10.2. The van der Waals surface area contributed by atoms with Crippen molar-refractivity contribution in [2.24, 2.45) is 0 Å². The van der Waals surface area contributed by atoms with Gasteiger partial charge in [-0.2, -0.15) is 26.3 Å². The van der Waals surface area contributed by atoms with Gasteiger partial charge < -0.3 is 5.32 Å². The Morgan fingerprint density at radius 2 is 1.35 bits per heavy atom. The minimum atomic E-state index is -4.92. The van der Waals surface area contributed by atoms with E-state index in [0.29, 0.717) is 6.07 Å². The van der Waals surface area contributed by atoms with E-state index < -0.39 is 39.4 Å². The predicted molar refractivity (Wildman–Crippen MR) is 83.2 cm³/mol. The number of para-hydroxylation sites is 2. The van der Waals surface area contributed by atoms with Crippen molar-refractivity contribution in [1.29, 1.82) is 0 Å². The number of benzene rings is 2. The first kappa shape index (κ1) is 19.9. The van der Waals surface area contributed by atoms with Crippen molar-refractivity contribution in [3.8, 4) is 0 Å². The summed E-state index contributed by atoms with van der Waals surface area (Å²) in [6.45, 7) is -1.44. The van der Waals surface area contributed by atoms with Crippen LogP contribution in [0.3, 0.4) is 0 Å². The normalized spacial score (nSPS) is 12.7. The topological polar surface area (TPSA) is 58.2 Å². The minimum Gasteiger partial charge on any atom is -0.375 e. The van der Waals surface area contributed by atoms with Crippen LogP contribution in [-0.4, -0.2) is 21.1 Å². The molecule has 0 amide bonds. The molecule has 0 aliphatic heterocycles. The average molecular weight is 398 g/mol. The number of nitrogens with one attached hydrogen (secondary N) is 2. The molecule has 0 saturated heterocycles. The van der Waals surface area contributed by atoms with E-state index >= 15 is 0 Å². The molecule has 0 saturated carbocycles. The third kappa shape index (κ3) is 5.04. The molecule has 26 heavy (non-hydrogen) atoms. The van der Waals surface area contributed by atoms with Gasteiger partial charge in [0, 0.05) is 0 Å². The number of halogens is 6. The van der Waals surface area contributed by atoms with Crippen LogP contribution in [0.5, 0.6) is 0 Å². The van der Waals surface area contributed by atoms with E-state index in [1.165, 1.54) is 18.2 Å². The van der Waals surface area contributed by atoms with Gasteiger partial charge >= 0.3 is 12.4 Å². The molecule has 0 spiro atoms. The van der Waals surface area contributed by atoms with Crippen molar-refractivity contribution in [1.82, 2.24) is 0 Å². The van der Waals surface area contributed by atoms with Gasteiger partial charge in [0.1, 0.15) is 6.54 Å². The standard InChI is InChI=1S/C15H12F6N2O2S/c16-14(17,18)9-22-11-6-2-3-7-12(11)23-26(24,25)13-8-4-1-5-10(13)15(19,20)21/h1-8,22-23H,9H2. The molecular weight excluding hydrogens is 386 g/mol. The van der Waals surface area contributed by atoms with Gasteiger partial charge in [0.2, 0.25) is 0 Å². The van der Waals surface area contributed by atoms with E-state index in [9.17, 15) is 34.8 Å². The van der Waals surface area contributed by atoms with Gasteiger partial charge in [0.15, 0.2) is 0 Å². The molecule has 0 atom stereocenters. The fourth-order valence-corrected chi connectivity index (χ4v) is 3.37. The number of rotatable bonds is 5. The quantitative estimate of drug-likeness (QED) is 0.731. The Kier molecular flexibility index (Phi) is 5.40. The molecule has 0 heterocycles. The molecule has 11 heteroatoms. The smallest absolute Gasteiger partial charge is 0.375 e. The Balaban J connectivity index is 2.38. The summed E-state index contributed by atoms with van der Waals surface area (Å²) < 4.78 is 103. The lowest BCUT2D eigenvalue weighted by molar-refractivity contribution is -0.139. The summed E-state index contributed by atoms with van der Waals surface area (Å²) in [7, 11) is -4.69. The first-order valence-corrected chi connectivity index (χ1v) is 8.47. The van der Waals surface area contributed by atoms with Gasteiger partial charge in [-0.25, -0.2) is 8.42 Å². The zero-order valence-corrected chi connectivity index (χ0v) is 13.6. The minimum absolute atomic E-state index is 0.224. The molecule has 4 nitrogen and oxygen atoms in total. The summed E-state index contributed by atoms with van der Waals surface area (Å²) in [5.41, 5.74) is -1.92. The van der Waals surface area contributed by atoms with Crippen molar-refractivity contribution in [2.75, 3.05) is 16.6 Å². The van der Waals surface area contributed by atoms with Gasteiger partial charge in [-0.3, -0.25) is 4.72 Å². The van der Waals surface area contributed by atoms with Gasteiger partial charge in [-0.15, -0.1) is 0 Å². The Hall–Kier alpha value is -2.43. The van der Waals surface area contributed by atoms with E-state index in [0.717, 1.165) is 24.3 Å². The molecule has 0 fully saturated rings. The van der Waals surface area contributed by atoms with Crippen LogP contribution < -0.4 is 10.0 Å². The van der Waals surface area contributed by atoms with Crippen LogP contribution in [0.25, 0.3) is 0 Å². The third-order valence-electron chi connectivity index (χ3n) is 3.13. The van der Waals surface area contributed by atoms with Crippen LogP contribution in [-0.2, 0) is 16.2 Å². The van der Waals surface area contributed by atoms with E-state index in [-0.39, 0.29) is 11.4 Å². The Bertz CT molecular complexity index is 878. The van der Waals surface area contributed by atoms with Crippen LogP contribution in [0, 0.1) is 0 Å². The van der Waals surface area contributed by atoms with Crippen molar-refractivity contribution >= 4 is 21.4 Å². The molecule has 0 radical (unpaired) electrons. The lowest BCUT2D eigenvalue weighted by Crippen LogP contribution is -2.23. The number of sulfonamides is 1. The van der Waals surface area contributed by atoms with Crippen molar-refractivity contribution < 1.29 is 34.8 Å². The van der Waals surface area contributed by atoms with Crippen LogP contribution in [0.4, 0.5) is 37.7 Å². The maximum absolute atomic E-state index is 13.0. The molecule has 2 aromatic carbocycles. The molecule has 2 aromatic rings. The summed E-state index contributed by atoms with van der Waals surface area (Å²) >= 11 is 0. The van der Waals surface area contributed by atoms with Crippen LogP contribution in [0.1, 0.15) is 5.56 Å².